The van der Waals surface area contributed by atoms with Crippen molar-refractivity contribution < 1.29 is 9.18 Å². The zero-order valence-electron chi connectivity index (χ0n) is 9.85. The maximum atomic E-state index is 13.3. The van der Waals surface area contributed by atoms with Crippen molar-refractivity contribution in [1.29, 1.82) is 0 Å². The summed E-state index contributed by atoms with van der Waals surface area (Å²) in [6.45, 7) is 1.69. The highest BCUT2D eigenvalue weighted by Gasteiger charge is 2.06. The van der Waals surface area contributed by atoms with Crippen molar-refractivity contribution in [2.24, 2.45) is 0 Å². The molecule has 2 aromatic rings. The fourth-order valence-electron chi connectivity index (χ4n) is 1.48. The number of anilines is 2. The van der Waals surface area contributed by atoms with Gasteiger partial charge in [0, 0.05) is 11.9 Å². The van der Waals surface area contributed by atoms with Crippen molar-refractivity contribution in [3.05, 3.63) is 42.0 Å². The minimum Gasteiger partial charge on any atom is -0.396 e. The van der Waals surface area contributed by atoms with Crippen LogP contribution in [0.4, 0.5) is 15.8 Å². The van der Waals surface area contributed by atoms with Crippen molar-refractivity contribution in [2.45, 2.75) is 13.5 Å². The number of carbonyl (C=O) groups excluding carboxylic acids is 1. The lowest BCUT2D eigenvalue weighted by molar-refractivity contribution is -0.116. The van der Waals surface area contributed by atoms with E-state index in [1.807, 2.05) is 0 Å². The number of carbonyl (C=O) groups is 1. The molecule has 0 fully saturated rings. The average Bonchev–Trinajstić information content (AvgIpc) is 2.69. The molecule has 0 saturated heterocycles. The molecular formula is C12H13FN4O. The highest BCUT2D eigenvalue weighted by atomic mass is 19.1. The van der Waals surface area contributed by atoms with Gasteiger partial charge in [-0.05, 0) is 24.6 Å². The van der Waals surface area contributed by atoms with E-state index in [0.717, 1.165) is 0 Å². The SMILES string of the molecule is Cc1ccc(NC(=O)Cn2cc(N)cn2)cc1F. The molecule has 0 bridgehead atoms. The molecule has 0 spiro atoms. The Morgan fingerprint density at radius 2 is 2.33 bits per heavy atom. The lowest BCUT2D eigenvalue weighted by atomic mass is 10.2. The Hall–Kier alpha value is -2.37. The van der Waals surface area contributed by atoms with Gasteiger partial charge < -0.3 is 11.1 Å². The van der Waals surface area contributed by atoms with Crippen LogP contribution >= 0.6 is 0 Å². The lowest BCUT2D eigenvalue weighted by Gasteiger charge is -2.06. The van der Waals surface area contributed by atoms with Crippen LogP contribution in [0.3, 0.4) is 0 Å². The molecule has 0 aliphatic rings. The van der Waals surface area contributed by atoms with Gasteiger partial charge in [0.15, 0.2) is 0 Å². The molecule has 2 rings (SSSR count). The molecule has 1 amide bonds. The number of nitrogen functional groups attached to an aromatic ring is 1. The summed E-state index contributed by atoms with van der Waals surface area (Å²) in [4.78, 5) is 11.7. The maximum absolute atomic E-state index is 13.3. The molecule has 18 heavy (non-hydrogen) atoms. The first kappa shape index (κ1) is 12.1. The number of hydrogen-bond donors (Lipinski definition) is 2. The Morgan fingerprint density at radius 3 is 2.94 bits per heavy atom. The Bertz CT molecular complexity index is 579. The van der Waals surface area contributed by atoms with E-state index >= 15 is 0 Å². The van der Waals surface area contributed by atoms with E-state index in [1.165, 1.54) is 16.9 Å². The zero-order chi connectivity index (χ0) is 13.1. The van der Waals surface area contributed by atoms with Gasteiger partial charge in [-0.15, -0.1) is 0 Å². The summed E-state index contributed by atoms with van der Waals surface area (Å²) in [6, 6.07) is 4.54. The fourth-order valence-corrected chi connectivity index (χ4v) is 1.48. The molecule has 1 aromatic carbocycles. The third-order valence-electron chi connectivity index (χ3n) is 2.41. The molecule has 0 saturated carbocycles. The van der Waals surface area contributed by atoms with E-state index < -0.39 is 0 Å². The molecule has 94 valence electrons. The summed E-state index contributed by atoms with van der Waals surface area (Å²) in [6.07, 6.45) is 3.01. The Labute approximate surface area is 103 Å². The summed E-state index contributed by atoms with van der Waals surface area (Å²) in [7, 11) is 0. The van der Waals surface area contributed by atoms with Crippen molar-refractivity contribution in [3.8, 4) is 0 Å². The second kappa shape index (κ2) is 4.87. The first-order valence-corrected chi connectivity index (χ1v) is 5.38. The first-order chi connectivity index (χ1) is 8.54. The minimum absolute atomic E-state index is 0.0344. The summed E-state index contributed by atoms with van der Waals surface area (Å²) in [5.41, 5.74) is 6.92. The highest BCUT2D eigenvalue weighted by Crippen LogP contribution is 2.13. The zero-order valence-corrected chi connectivity index (χ0v) is 9.85. The monoisotopic (exact) mass is 248 g/mol. The van der Waals surface area contributed by atoms with Crippen molar-refractivity contribution in [1.82, 2.24) is 9.78 Å². The largest absolute Gasteiger partial charge is 0.396 e. The number of nitrogens with one attached hydrogen (secondary N) is 1. The number of rotatable bonds is 3. The second-order valence-electron chi connectivity index (χ2n) is 3.98. The Kier molecular flexibility index (Phi) is 3.27. The van der Waals surface area contributed by atoms with Gasteiger partial charge in [-0.2, -0.15) is 5.10 Å². The third kappa shape index (κ3) is 2.85. The van der Waals surface area contributed by atoms with E-state index in [0.29, 0.717) is 16.9 Å². The van der Waals surface area contributed by atoms with E-state index in [1.54, 1.807) is 25.3 Å². The third-order valence-corrected chi connectivity index (χ3v) is 2.41. The molecular weight excluding hydrogens is 235 g/mol. The number of nitrogens with two attached hydrogens (primary N) is 1. The van der Waals surface area contributed by atoms with Gasteiger partial charge >= 0.3 is 0 Å². The molecule has 1 aromatic heterocycles. The summed E-state index contributed by atoms with van der Waals surface area (Å²) < 4.78 is 14.7. The predicted octanol–water partition coefficient (Wildman–Crippen LogP) is 1.55. The number of amides is 1. The molecule has 0 unspecified atom stereocenters. The number of hydrogen-bond acceptors (Lipinski definition) is 3. The number of aromatic nitrogens is 2. The van der Waals surface area contributed by atoms with E-state index in [9.17, 15) is 9.18 Å². The van der Waals surface area contributed by atoms with Gasteiger partial charge in [-0.25, -0.2) is 4.39 Å². The van der Waals surface area contributed by atoms with Crippen LogP contribution in [0.5, 0.6) is 0 Å². The molecule has 1 heterocycles. The predicted molar refractivity (Wildman–Crippen MR) is 66.4 cm³/mol. The highest BCUT2D eigenvalue weighted by molar-refractivity contribution is 5.90. The Morgan fingerprint density at radius 1 is 1.56 bits per heavy atom. The van der Waals surface area contributed by atoms with E-state index in [4.69, 9.17) is 5.73 Å². The van der Waals surface area contributed by atoms with Gasteiger partial charge in [0.2, 0.25) is 5.91 Å². The molecule has 5 nitrogen and oxygen atoms in total. The summed E-state index contributed by atoms with van der Waals surface area (Å²) >= 11 is 0. The van der Waals surface area contributed by atoms with Gasteiger partial charge in [-0.1, -0.05) is 6.07 Å². The van der Waals surface area contributed by atoms with Gasteiger partial charge in [-0.3, -0.25) is 9.48 Å². The summed E-state index contributed by atoms with van der Waals surface area (Å²) in [5, 5.41) is 6.47. The second-order valence-corrected chi connectivity index (χ2v) is 3.98. The minimum atomic E-state index is -0.351. The van der Waals surface area contributed by atoms with E-state index in [-0.39, 0.29) is 18.3 Å². The van der Waals surface area contributed by atoms with Gasteiger partial charge in [0.05, 0.1) is 11.9 Å². The van der Waals surface area contributed by atoms with Crippen molar-refractivity contribution in [2.75, 3.05) is 11.1 Å². The standard InChI is InChI=1S/C12H13FN4O/c1-8-2-3-10(4-11(8)13)16-12(18)7-17-6-9(14)5-15-17/h2-6H,7,14H2,1H3,(H,16,18). The van der Waals surface area contributed by atoms with Gasteiger partial charge in [0.1, 0.15) is 12.4 Å². The van der Waals surface area contributed by atoms with E-state index in [2.05, 4.69) is 10.4 Å². The normalized spacial score (nSPS) is 10.3. The van der Waals surface area contributed by atoms with Gasteiger partial charge in [0.25, 0.3) is 0 Å². The smallest absolute Gasteiger partial charge is 0.246 e. The molecule has 3 N–H and O–H groups in total. The fraction of sp³-hybridized carbons (Fsp3) is 0.167. The van der Waals surface area contributed by atoms with Crippen LogP contribution in [-0.2, 0) is 11.3 Å². The average molecular weight is 248 g/mol. The van der Waals surface area contributed by atoms with Crippen molar-refractivity contribution in [3.63, 3.8) is 0 Å². The van der Waals surface area contributed by atoms with Crippen LogP contribution in [0.25, 0.3) is 0 Å². The first-order valence-electron chi connectivity index (χ1n) is 5.38. The molecule has 0 atom stereocenters. The molecule has 6 heteroatoms. The van der Waals surface area contributed by atoms with Crippen molar-refractivity contribution >= 4 is 17.3 Å². The van der Waals surface area contributed by atoms with Crippen LogP contribution in [0.2, 0.25) is 0 Å². The number of aryl methyl sites for hydroxylation is 1. The Balaban J connectivity index is 2.00. The van der Waals surface area contributed by atoms with Crippen LogP contribution in [0.1, 0.15) is 5.56 Å². The van der Waals surface area contributed by atoms with Crippen LogP contribution in [0, 0.1) is 12.7 Å². The van der Waals surface area contributed by atoms with Crippen LogP contribution in [-0.4, -0.2) is 15.7 Å². The topological polar surface area (TPSA) is 72.9 Å². The lowest BCUT2D eigenvalue weighted by Crippen LogP contribution is -2.19. The molecule has 0 aliphatic carbocycles. The number of benzene rings is 1. The molecule has 0 radical (unpaired) electrons. The molecule has 0 aliphatic heterocycles. The summed E-state index contributed by atoms with van der Waals surface area (Å²) in [5.74, 6) is -0.641. The quantitative estimate of drug-likeness (QED) is 0.865. The van der Waals surface area contributed by atoms with Crippen LogP contribution in [0.15, 0.2) is 30.6 Å². The number of nitrogens with zero attached hydrogens (tertiary/aromatic N) is 2. The number of halogens is 1. The maximum Gasteiger partial charge on any atom is 0.246 e. The van der Waals surface area contributed by atoms with Crippen LogP contribution < -0.4 is 11.1 Å².